The third-order valence-electron chi connectivity index (χ3n) is 3.05. The molecule has 0 atom stereocenters. The van der Waals surface area contributed by atoms with Crippen molar-refractivity contribution in [1.29, 1.82) is 0 Å². The average molecular weight is 326 g/mol. The molecule has 2 aromatic rings. The summed E-state index contributed by atoms with van der Waals surface area (Å²) in [5.74, 6) is 0. The Labute approximate surface area is 129 Å². The second-order valence-electron chi connectivity index (χ2n) is 4.59. The molecule has 0 spiro atoms. The van der Waals surface area contributed by atoms with Gasteiger partial charge in [0.05, 0.1) is 5.02 Å². The zero-order valence-electron chi connectivity index (χ0n) is 11.5. The van der Waals surface area contributed by atoms with Gasteiger partial charge in [-0.3, -0.25) is 4.98 Å². The number of rotatable bonds is 5. The Morgan fingerprint density at radius 3 is 2.67 bits per heavy atom. The molecule has 1 heterocycles. The number of nitrogens with two attached hydrogens (primary N) is 1. The van der Waals surface area contributed by atoms with Crippen molar-refractivity contribution in [2.45, 2.75) is 11.3 Å². The zero-order chi connectivity index (χ0) is 15.5. The first-order chi connectivity index (χ1) is 9.91. The van der Waals surface area contributed by atoms with Gasteiger partial charge in [0.1, 0.15) is 4.90 Å². The van der Waals surface area contributed by atoms with Gasteiger partial charge in [0.2, 0.25) is 10.0 Å². The normalized spacial score (nSPS) is 11.8. The summed E-state index contributed by atoms with van der Waals surface area (Å²) >= 11 is 5.98. The minimum atomic E-state index is -3.64. The van der Waals surface area contributed by atoms with E-state index in [0.717, 1.165) is 5.69 Å². The van der Waals surface area contributed by atoms with Gasteiger partial charge in [0.25, 0.3) is 0 Å². The lowest BCUT2D eigenvalue weighted by Crippen LogP contribution is -2.29. The van der Waals surface area contributed by atoms with E-state index in [1.165, 1.54) is 29.6 Å². The number of hydrogen-bond donors (Lipinski definition) is 1. The molecule has 1 aromatic heterocycles. The second kappa shape index (κ2) is 6.43. The fourth-order valence-electron chi connectivity index (χ4n) is 1.83. The largest absolute Gasteiger partial charge is 0.399 e. The highest BCUT2D eigenvalue weighted by molar-refractivity contribution is 7.89. The molecule has 0 aliphatic rings. The molecule has 0 unspecified atom stereocenters. The molecule has 21 heavy (non-hydrogen) atoms. The summed E-state index contributed by atoms with van der Waals surface area (Å²) in [4.78, 5) is 4.23. The first-order valence-corrected chi connectivity index (χ1v) is 8.14. The lowest BCUT2D eigenvalue weighted by molar-refractivity contribution is 0.471. The molecule has 0 amide bonds. The van der Waals surface area contributed by atoms with Gasteiger partial charge < -0.3 is 5.73 Å². The second-order valence-corrected chi connectivity index (χ2v) is 7.01. The number of pyridine rings is 1. The Balaban J connectivity index is 2.15. The van der Waals surface area contributed by atoms with Crippen LogP contribution in [0.15, 0.2) is 47.5 Å². The number of anilines is 1. The number of benzene rings is 1. The van der Waals surface area contributed by atoms with Crippen molar-refractivity contribution >= 4 is 27.3 Å². The summed E-state index contributed by atoms with van der Waals surface area (Å²) < 4.78 is 26.2. The van der Waals surface area contributed by atoms with Crippen LogP contribution in [0, 0.1) is 0 Å². The summed E-state index contributed by atoms with van der Waals surface area (Å²) in [7, 11) is -2.12. The van der Waals surface area contributed by atoms with Gasteiger partial charge in [-0.05, 0) is 30.3 Å². The Bertz CT molecular complexity index is 720. The molecule has 0 fully saturated rings. The highest BCUT2D eigenvalue weighted by Gasteiger charge is 2.23. The van der Waals surface area contributed by atoms with Gasteiger partial charge >= 0.3 is 0 Å². The molecule has 5 nitrogen and oxygen atoms in total. The van der Waals surface area contributed by atoms with E-state index in [1.807, 2.05) is 18.2 Å². The predicted octanol–water partition coefficient (Wildman–Crippen LogP) is 2.18. The Morgan fingerprint density at radius 2 is 2.05 bits per heavy atom. The van der Waals surface area contributed by atoms with Gasteiger partial charge in [0, 0.05) is 37.6 Å². The first-order valence-electron chi connectivity index (χ1n) is 6.32. The number of nitrogen functional groups attached to an aromatic ring is 1. The molecule has 0 aliphatic heterocycles. The zero-order valence-corrected chi connectivity index (χ0v) is 13.1. The van der Waals surface area contributed by atoms with E-state index in [1.54, 1.807) is 6.20 Å². The summed E-state index contributed by atoms with van der Waals surface area (Å²) in [6.45, 7) is 0.319. The molecule has 0 aliphatic carbocycles. The maximum Gasteiger partial charge on any atom is 0.244 e. The number of nitrogens with zero attached hydrogens (tertiary/aromatic N) is 2. The summed E-state index contributed by atoms with van der Waals surface area (Å²) in [5.41, 5.74) is 6.84. The SMILES string of the molecule is CN(CCc1ccccn1)S(=O)(=O)c1ccc(N)cc1Cl. The molecule has 1 aromatic carbocycles. The van der Waals surface area contributed by atoms with E-state index < -0.39 is 10.0 Å². The Kier molecular flexibility index (Phi) is 4.82. The lowest BCUT2D eigenvalue weighted by Gasteiger charge is -2.18. The van der Waals surface area contributed by atoms with Crippen molar-refractivity contribution in [1.82, 2.24) is 9.29 Å². The molecule has 0 bridgehead atoms. The maximum absolute atomic E-state index is 12.5. The van der Waals surface area contributed by atoms with E-state index >= 15 is 0 Å². The summed E-state index contributed by atoms with van der Waals surface area (Å²) in [6, 6.07) is 9.92. The molecule has 2 N–H and O–H groups in total. The summed E-state index contributed by atoms with van der Waals surface area (Å²) in [6.07, 6.45) is 2.21. The first kappa shape index (κ1) is 15.8. The molecule has 2 rings (SSSR count). The molecule has 0 saturated heterocycles. The Morgan fingerprint density at radius 1 is 1.29 bits per heavy atom. The standard InChI is InChI=1S/C14H16ClN3O2S/c1-18(9-7-12-4-2-3-8-17-12)21(19,20)14-6-5-11(16)10-13(14)15/h2-6,8,10H,7,9,16H2,1H3. The highest BCUT2D eigenvalue weighted by atomic mass is 35.5. The van der Waals surface area contributed by atoms with Crippen LogP contribution < -0.4 is 5.73 Å². The van der Waals surface area contributed by atoms with Gasteiger partial charge in [-0.1, -0.05) is 17.7 Å². The fourth-order valence-corrected chi connectivity index (χ4v) is 3.53. The van der Waals surface area contributed by atoms with Crippen LogP contribution >= 0.6 is 11.6 Å². The average Bonchev–Trinajstić information content (AvgIpc) is 2.45. The summed E-state index contributed by atoms with van der Waals surface area (Å²) in [5, 5.41) is 0.125. The minimum Gasteiger partial charge on any atom is -0.399 e. The van der Waals surface area contributed by atoms with Crippen molar-refractivity contribution in [3.05, 3.63) is 53.3 Å². The van der Waals surface area contributed by atoms with Crippen LogP contribution in [0.3, 0.4) is 0 Å². The van der Waals surface area contributed by atoms with Gasteiger partial charge in [0.15, 0.2) is 0 Å². The van der Waals surface area contributed by atoms with Crippen LogP contribution in [0.5, 0.6) is 0 Å². The van der Waals surface area contributed by atoms with Crippen LogP contribution in [-0.2, 0) is 16.4 Å². The molecule has 0 saturated carbocycles. The monoisotopic (exact) mass is 325 g/mol. The number of likely N-dealkylation sites (N-methyl/N-ethyl adjacent to an activating group) is 1. The van der Waals surface area contributed by atoms with Gasteiger partial charge in [-0.25, -0.2) is 12.7 Å². The van der Waals surface area contributed by atoms with Crippen LogP contribution in [0.2, 0.25) is 5.02 Å². The van der Waals surface area contributed by atoms with Crippen LogP contribution in [-0.4, -0.2) is 31.3 Å². The number of hydrogen-bond acceptors (Lipinski definition) is 4. The Hall–Kier alpha value is -1.63. The number of aromatic nitrogens is 1. The predicted molar refractivity (Wildman–Crippen MR) is 83.6 cm³/mol. The van der Waals surface area contributed by atoms with Crippen LogP contribution in [0.4, 0.5) is 5.69 Å². The highest BCUT2D eigenvalue weighted by Crippen LogP contribution is 2.26. The van der Waals surface area contributed by atoms with Gasteiger partial charge in [-0.15, -0.1) is 0 Å². The van der Waals surface area contributed by atoms with Crippen molar-refractivity contribution in [3.8, 4) is 0 Å². The van der Waals surface area contributed by atoms with E-state index in [0.29, 0.717) is 18.7 Å². The fraction of sp³-hybridized carbons (Fsp3) is 0.214. The van der Waals surface area contributed by atoms with Crippen molar-refractivity contribution in [2.24, 2.45) is 0 Å². The van der Waals surface area contributed by atoms with Crippen molar-refractivity contribution in [3.63, 3.8) is 0 Å². The molecular weight excluding hydrogens is 310 g/mol. The topological polar surface area (TPSA) is 76.3 Å². The van der Waals surface area contributed by atoms with Crippen LogP contribution in [0.25, 0.3) is 0 Å². The number of sulfonamides is 1. The maximum atomic E-state index is 12.5. The molecular formula is C14H16ClN3O2S. The molecule has 7 heteroatoms. The van der Waals surface area contributed by atoms with E-state index in [9.17, 15) is 8.42 Å². The van der Waals surface area contributed by atoms with Crippen molar-refractivity contribution < 1.29 is 8.42 Å². The smallest absolute Gasteiger partial charge is 0.244 e. The van der Waals surface area contributed by atoms with Crippen molar-refractivity contribution in [2.75, 3.05) is 19.3 Å². The van der Waals surface area contributed by atoms with Gasteiger partial charge in [-0.2, -0.15) is 0 Å². The van der Waals surface area contributed by atoms with E-state index in [2.05, 4.69) is 4.98 Å². The third-order valence-corrected chi connectivity index (χ3v) is 5.39. The molecule has 112 valence electrons. The minimum absolute atomic E-state index is 0.0573. The quantitative estimate of drug-likeness (QED) is 0.855. The number of halogens is 1. The molecule has 0 radical (unpaired) electrons. The third kappa shape index (κ3) is 3.72. The lowest BCUT2D eigenvalue weighted by atomic mass is 10.3. The van der Waals surface area contributed by atoms with E-state index in [4.69, 9.17) is 17.3 Å². The van der Waals surface area contributed by atoms with Crippen LogP contribution in [0.1, 0.15) is 5.69 Å². The van der Waals surface area contributed by atoms with E-state index in [-0.39, 0.29) is 9.92 Å².